The van der Waals surface area contributed by atoms with Gasteiger partial charge in [-0.1, -0.05) is 35.3 Å². The molecule has 1 aromatic carbocycles. The molecule has 2 aromatic rings. The number of nitrogens with one attached hydrogen (secondary N) is 1. The molecule has 20 heavy (non-hydrogen) atoms. The molecule has 0 radical (unpaired) electrons. The molecule has 0 unspecified atom stereocenters. The predicted molar refractivity (Wildman–Crippen MR) is 84.0 cm³/mol. The summed E-state index contributed by atoms with van der Waals surface area (Å²) < 4.78 is 0.546. The highest BCUT2D eigenvalue weighted by molar-refractivity contribution is 7.14. The summed E-state index contributed by atoms with van der Waals surface area (Å²) >= 11 is 13.3. The normalized spacial score (nSPS) is 21.3. The number of halogens is 2. The summed E-state index contributed by atoms with van der Waals surface area (Å²) in [7, 11) is 0. The minimum Gasteiger partial charge on any atom is -0.349 e. The van der Waals surface area contributed by atoms with E-state index in [0.717, 1.165) is 17.9 Å². The lowest BCUT2D eigenvalue weighted by Gasteiger charge is -2.37. The molecule has 1 aromatic heterocycles. The number of thiophene rings is 1. The van der Waals surface area contributed by atoms with E-state index in [1.165, 1.54) is 16.9 Å². The van der Waals surface area contributed by atoms with E-state index in [1.807, 2.05) is 29.6 Å². The van der Waals surface area contributed by atoms with Crippen molar-refractivity contribution in [1.29, 1.82) is 0 Å². The number of carbonyl (C=O) groups is 1. The fourth-order valence-corrected chi connectivity index (χ4v) is 3.52. The molecule has 5 heteroatoms. The van der Waals surface area contributed by atoms with Crippen LogP contribution in [0.25, 0.3) is 0 Å². The van der Waals surface area contributed by atoms with Crippen molar-refractivity contribution in [3.8, 4) is 0 Å². The monoisotopic (exact) mass is 325 g/mol. The van der Waals surface area contributed by atoms with Crippen LogP contribution in [0.2, 0.25) is 9.36 Å². The summed E-state index contributed by atoms with van der Waals surface area (Å²) in [5.41, 5.74) is 1.79. The molecular weight excluding hydrogens is 313 g/mol. The van der Waals surface area contributed by atoms with E-state index in [2.05, 4.69) is 5.32 Å². The third kappa shape index (κ3) is 2.71. The molecule has 1 amide bonds. The van der Waals surface area contributed by atoms with Crippen molar-refractivity contribution in [3.63, 3.8) is 0 Å². The second-order valence-electron chi connectivity index (χ2n) is 4.92. The Hall–Kier alpha value is -1.03. The molecule has 0 saturated heterocycles. The molecule has 0 aliphatic heterocycles. The maximum absolute atomic E-state index is 12.2. The first kappa shape index (κ1) is 13.9. The first-order valence-corrected chi connectivity index (χ1v) is 8.08. The zero-order chi connectivity index (χ0) is 14.1. The molecule has 1 heterocycles. The first-order valence-electron chi connectivity index (χ1n) is 6.44. The van der Waals surface area contributed by atoms with Crippen LogP contribution in [0.5, 0.6) is 0 Å². The summed E-state index contributed by atoms with van der Waals surface area (Å²) in [5.74, 6) is 0.286. The summed E-state index contributed by atoms with van der Waals surface area (Å²) in [6, 6.07) is 9.79. The Morgan fingerprint density at radius 3 is 2.45 bits per heavy atom. The van der Waals surface area contributed by atoms with Gasteiger partial charge in [-0.2, -0.15) is 0 Å². The van der Waals surface area contributed by atoms with Gasteiger partial charge in [0.05, 0.1) is 5.56 Å². The van der Waals surface area contributed by atoms with Gasteiger partial charge in [0.2, 0.25) is 0 Å². The molecular formula is C15H13Cl2NOS. The van der Waals surface area contributed by atoms with Crippen LogP contribution in [0.15, 0.2) is 35.7 Å². The van der Waals surface area contributed by atoms with Gasteiger partial charge >= 0.3 is 0 Å². The Labute approximate surface area is 131 Å². The lowest BCUT2D eigenvalue weighted by atomic mass is 9.75. The standard InChI is InChI=1S/C15H13Cl2NOS/c16-10-3-1-9(2-4-10)11-5-6-13(11)18-15(19)12-7-8-20-14(12)17/h1-4,7-8,11,13H,5-6H2,(H,18,19)/t11-,13-/m0/s1. The Morgan fingerprint density at radius 1 is 1.15 bits per heavy atom. The number of rotatable bonds is 3. The minimum absolute atomic E-state index is 0.0834. The summed E-state index contributed by atoms with van der Waals surface area (Å²) in [6.45, 7) is 0. The Morgan fingerprint density at radius 2 is 1.90 bits per heavy atom. The van der Waals surface area contributed by atoms with Gasteiger partial charge in [-0.05, 0) is 42.0 Å². The topological polar surface area (TPSA) is 29.1 Å². The van der Waals surface area contributed by atoms with Crippen molar-refractivity contribution in [1.82, 2.24) is 5.32 Å². The first-order chi connectivity index (χ1) is 9.65. The van der Waals surface area contributed by atoms with E-state index in [9.17, 15) is 4.79 Å². The number of hydrogen-bond donors (Lipinski definition) is 1. The molecule has 1 aliphatic rings. The molecule has 1 saturated carbocycles. The van der Waals surface area contributed by atoms with Gasteiger partial charge in [0.1, 0.15) is 4.34 Å². The Kier molecular flexibility index (Phi) is 4.01. The summed E-state index contributed by atoms with van der Waals surface area (Å²) in [4.78, 5) is 12.2. The molecule has 1 aliphatic carbocycles. The highest BCUT2D eigenvalue weighted by Gasteiger charge is 2.33. The van der Waals surface area contributed by atoms with Crippen LogP contribution < -0.4 is 5.32 Å². The van der Waals surface area contributed by atoms with Gasteiger partial charge in [0.25, 0.3) is 5.91 Å². The SMILES string of the molecule is O=C(N[C@H]1CC[C@H]1c1ccc(Cl)cc1)c1ccsc1Cl. The molecule has 104 valence electrons. The van der Waals surface area contributed by atoms with Crippen molar-refractivity contribution in [2.24, 2.45) is 0 Å². The van der Waals surface area contributed by atoms with E-state index >= 15 is 0 Å². The molecule has 3 rings (SSSR count). The quantitative estimate of drug-likeness (QED) is 0.868. The van der Waals surface area contributed by atoms with Crippen molar-refractivity contribution in [2.75, 3.05) is 0 Å². The van der Waals surface area contributed by atoms with Crippen LogP contribution in [-0.4, -0.2) is 11.9 Å². The molecule has 0 bridgehead atoms. The average molecular weight is 326 g/mol. The van der Waals surface area contributed by atoms with Crippen molar-refractivity contribution < 1.29 is 4.79 Å². The number of benzene rings is 1. The largest absolute Gasteiger partial charge is 0.349 e. The van der Waals surface area contributed by atoms with Gasteiger partial charge in [-0.15, -0.1) is 11.3 Å². The highest BCUT2D eigenvalue weighted by atomic mass is 35.5. The van der Waals surface area contributed by atoms with Gasteiger partial charge in [0.15, 0.2) is 0 Å². The molecule has 2 nitrogen and oxygen atoms in total. The van der Waals surface area contributed by atoms with Gasteiger partial charge < -0.3 is 5.32 Å². The van der Waals surface area contributed by atoms with Crippen molar-refractivity contribution in [3.05, 3.63) is 56.2 Å². The summed E-state index contributed by atoms with van der Waals surface area (Å²) in [6.07, 6.45) is 2.09. The zero-order valence-electron chi connectivity index (χ0n) is 10.6. The van der Waals surface area contributed by atoms with Crippen LogP contribution >= 0.6 is 34.5 Å². The van der Waals surface area contributed by atoms with Crippen LogP contribution in [0.3, 0.4) is 0 Å². The second kappa shape index (κ2) is 5.76. The predicted octanol–water partition coefficient (Wildman–Crippen LogP) is 4.73. The van der Waals surface area contributed by atoms with Crippen LogP contribution in [-0.2, 0) is 0 Å². The van der Waals surface area contributed by atoms with Crippen LogP contribution in [0.4, 0.5) is 0 Å². The Bertz CT molecular complexity index is 623. The highest BCUT2D eigenvalue weighted by Crippen LogP contribution is 2.37. The number of amides is 1. The fraction of sp³-hybridized carbons (Fsp3) is 0.267. The lowest BCUT2D eigenvalue weighted by Crippen LogP contribution is -2.45. The maximum atomic E-state index is 12.2. The average Bonchev–Trinajstić information content (AvgIpc) is 2.83. The number of carbonyl (C=O) groups excluding carboxylic acids is 1. The van der Waals surface area contributed by atoms with Crippen molar-refractivity contribution in [2.45, 2.75) is 24.8 Å². The van der Waals surface area contributed by atoms with Gasteiger partial charge in [-0.3, -0.25) is 4.79 Å². The van der Waals surface area contributed by atoms with E-state index in [-0.39, 0.29) is 11.9 Å². The van der Waals surface area contributed by atoms with Crippen LogP contribution in [0, 0.1) is 0 Å². The molecule has 0 spiro atoms. The number of hydrogen-bond acceptors (Lipinski definition) is 2. The second-order valence-corrected chi connectivity index (χ2v) is 6.88. The third-order valence-corrected chi connectivity index (χ3v) is 5.17. The Balaban J connectivity index is 1.68. The smallest absolute Gasteiger partial charge is 0.253 e. The molecule has 1 fully saturated rings. The van der Waals surface area contributed by atoms with E-state index in [0.29, 0.717) is 15.8 Å². The van der Waals surface area contributed by atoms with E-state index in [1.54, 1.807) is 6.07 Å². The van der Waals surface area contributed by atoms with Gasteiger partial charge in [-0.25, -0.2) is 0 Å². The zero-order valence-corrected chi connectivity index (χ0v) is 12.9. The molecule has 1 N–H and O–H groups in total. The van der Waals surface area contributed by atoms with Gasteiger partial charge in [0, 0.05) is 17.0 Å². The lowest BCUT2D eigenvalue weighted by molar-refractivity contribution is 0.0905. The molecule has 2 atom stereocenters. The fourth-order valence-electron chi connectivity index (χ4n) is 2.48. The summed E-state index contributed by atoms with van der Waals surface area (Å²) in [5, 5.41) is 5.64. The van der Waals surface area contributed by atoms with Crippen LogP contribution in [0.1, 0.15) is 34.7 Å². The maximum Gasteiger partial charge on any atom is 0.253 e. The third-order valence-electron chi connectivity index (χ3n) is 3.75. The minimum atomic E-state index is -0.0834. The van der Waals surface area contributed by atoms with E-state index in [4.69, 9.17) is 23.2 Å². The van der Waals surface area contributed by atoms with Crippen molar-refractivity contribution >= 4 is 40.4 Å². The van der Waals surface area contributed by atoms with E-state index < -0.39 is 0 Å².